The molecule has 4 nitrogen and oxygen atoms in total. The highest BCUT2D eigenvalue weighted by Crippen LogP contribution is 2.20. The van der Waals surface area contributed by atoms with E-state index in [4.69, 9.17) is 17.3 Å². The minimum absolute atomic E-state index is 0.296. The third-order valence-electron chi connectivity index (χ3n) is 2.69. The number of aromatic nitrogens is 1. The number of fused-ring (bicyclic) bond motifs is 1. The van der Waals surface area contributed by atoms with Gasteiger partial charge in [0.25, 0.3) is 0 Å². The number of aromatic amines is 1. The van der Waals surface area contributed by atoms with Crippen molar-refractivity contribution in [1.82, 2.24) is 4.98 Å². The van der Waals surface area contributed by atoms with Crippen molar-refractivity contribution in [2.75, 3.05) is 0 Å². The lowest BCUT2D eigenvalue weighted by Gasteiger charge is -2.04. The van der Waals surface area contributed by atoms with Crippen molar-refractivity contribution in [1.29, 1.82) is 0 Å². The molecule has 4 N–H and O–H groups in total. The summed E-state index contributed by atoms with van der Waals surface area (Å²) >= 11 is 0. The van der Waals surface area contributed by atoms with Crippen LogP contribution in [0.2, 0.25) is 0 Å². The number of carboxylic acids is 1. The smallest absolute Gasteiger partial charge is 0.320 e. The number of nitrogens with one attached hydrogen (secondary N) is 1. The zero-order chi connectivity index (χ0) is 12.4. The van der Waals surface area contributed by atoms with Crippen LogP contribution in [0.15, 0.2) is 24.4 Å². The van der Waals surface area contributed by atoms with Gasteiger partial charge in [0, 0.05) is 29.1 Å². The Balaban J connectivity index is 2.37. The molecule has 0 aliphatic carbocycles. The first kappa shape index (κ1) is 11.2. The van der Waals surface area contributed by atoms with E-state index in [0.717, 1.165) is 22.0 Å². The van der Waals surface area contributed by atoms with Gasteiger partial charge in [-0.15, -0.1) is 6.42 Å². The summed E-state index contributed by atoms with van der Waals surface area (Å²) < 4.78 is 0. The first-order chi connectivity index (χ1) is 8.11. The van der Waals surface area contributed by atoms with Crippen molar-refractivity contribution < 1.29 is 9.90 Å². The Morgan fingerprint density at radius 3 is 3.00 bits per heavy atom. The molecule has 0 bridgehead atoms. The summed E-state index contributed by atoms with van der Waals surface area (Å²) in [7, 11) is 0. The lowest BCUT2D eigenvalue weighted by Crippen LogP contribution is -2.32. The average molecular weight is 228 g/mol. The predicted molar refractivity (Wildman–Crippen MR) is 65.5 cm³/mol. The molecule has 2 rings (SSSR count). The van der Waals surface area contributed by atoms with Gasteiger partial charge in [0.15, 0.2) is 0 Å². The van der Waals surface area contributed by atoms with Gasteiger partial charge in [-0.1, -0.05) is 12.0 Å². The molecule has 1 unspecified atom stereocenters. The van der Waals surface area contributed by atoms with E-state index in [-0.39, 0.29) is 0 Å². The van der Waals surface area contributed by atoms with Crippen LogP contribution >= 0.6 is 0 Å². The molecule has 0 aliphatic heterocycles. The van der Waals surface area contributed by atoms with E-state index in [1.165, 1.54) is 0 Å². The van der Waals surface area contributed by atoms with E-state index in [1.807, 2.05) is 18.2 Å². The zero-order valence-corrected chi connectivity index (χ0v) is 9.10. The molecule has 1 aromatic carbocycles. The highest BCUT2D eigenvalue weighted by molar-refractivity contribution is 5.85. The first-order valence-corrected chi connectivity index (χ1v) is 5.17. The molecular weight excluding hydrogens is 216 g/mol. The molecule has 0 saturated carbocycles. The standard InChI is InChI=1S/C13H12N2O2/c1-2-8-3-4-10-9(6-11(14)13(16)17)7-15-12(10)5-8/h1,3-5,7,11,15H,6,14H2,(H,16,17). The molecule has 1 heterocycles. The van der Waals surface area contributed by atoms with Crippen LogP contribution in [0, 0.1) is 12.3 Å². The molecule has 0 fully saturated rings. The third kappa shape index (κ3) is 2.14. The van der Waals surface area contributed by atoms with Crippen LogP contribution < -0.4 is 5.73 Å². The summed E-state index contributed by atoms with van der Waals surface area (Å²) in [5.41, 5.74) is 8.08. The third-order valence-corrected chi connectivity index (χ3v) is 2.69. The van der Waals surface area contributed by atoms with Gasteiger partial charge < -0.3 is 15.8 Å². The van der Waals surface area contributed by atoms with Gasteiger partial charge in [-0.3, -0.25) is 4.79 Å². The van der Waals surface area contributed by atoms with Crippen molar-refractivity contribution in [3.63, 3.8) is 0 Å². The van der Waals surface area contributed by atoms with Crippen molar-refractivity contribution in [2.45, 2.75) is 12.5 Å². The average Bonchev–Trinajstić information content (AvgIpc) is 2.71. The van der Waals surface area contributed by atoms with Gasteiger partial charge in [0.05, 0.1) is 0 Å². The monoisotopic (exact) mass is 228 g/mol. The fraction of sp³-hybridized carbons (Fsp3) is 0.154. The van der Waals surface area contributed by atoms with E-state index in [2.05, 4.69) is 10.9 Å². The lowest BCUT2D eigenvalue weighted by atomic mass is 10.0. The van der Waals surface area contributed by atoms with E-state index in [0.29, 0.717) is 6.42 Å². The summed E-state index contributed by atoms with van der Waals surface area (Å²) in [6.07, 6.45) is 7.37. The predicted octanol–water partition coefficient (Wildman–Crippen LogP) is 1.10. The maximum atomic E-state index is 10.7. The Morgan fingerprint density at radius 2 is 2.35 bits per heavy atom. The summed E-state index contributed by atoms with van der Waals surface area (Å²) in [6.45, 7) is 0. The number of H-pyrrole nitrogens is 1. The Bertz CT molecular complexity index is 607. The van der Waals surface area contributed by atoms with E-state index in [1.54, 1.807) is 6.20 Å². The molecule has 1 aromatic heterocycles. The summed E-state index contributed by atoms with van der Waals surface area (Å²) in [6, 6.07) is 4.67. The number of aliphatic carboxylic acids is 1. The topological polar surface area (TPSA) is 79.1 Å². The molecule has 86 valence electrons. The Hall–Kier alpha value is -2.25. The molecule has 0 radical (unpaired) electrons. The van der Waals surface area contributed by atoms with Gasteiger partial charge in [0.2, 0.25) is 0 Å². The Morgan fingerprint density at radius 1 is 1.59 bits per heavy atom. The minimum atomic E-state index is -1.00. The second-order valence-corrected chi connectivity index (χ2v) is 3.87. The normalized spacial score (nSPS) is 12.2. The van der Waals surface area contributed by atoms with Crippen LogP contribution in [0.25, 0.3) is 10.9 Å². The molecule has 1 atom stereocenters. The SMILES string of the molecule is C#Cc1ccc2c(CC(N)C(=O)O)c[nH]c2c1. The van der Waals surface area contributed by atoms with E-state index in [9.17, 15) is 4.79 Å². The van der Waals surface area contributed by atoms with Crippen molar-refractivity contribution in [2.24, 2.45) is 5.73 Å². The van der Waals surface area contributed by atoms with E-state index < -0.39 is 12.0 Å². The quantitative estimate of drug-likeness (QED) is 0.688. The van der Waals surface area contributed by atoms with Crippen molar-refractivity contribution >= 4 is 16.9 Å². The maximum Gasteiger partial charge on any atom is 0.320 e. The number of carboxylic acid groups (broad SMARTS) is 1. The Labute approximate surface area is 98.4 Å². The maximum absolute atomic E-state index is 10.7. The fourth-order valence-electron chi connectivity index (χ4n) is 1.77. The largest absolute Gasteiger partial charge is 0.480 e. The van der Waals surface area contributed by atoms with Crippen LogP contribution in [-0.4, -0.2) is 22.1 Å². The number of benzene rings is 1. The molecule has 0 aliphatic rings. The van der Waals surface area contributed by atoms with Crippen LogP contribution in [0.5, 0.6) is 0 Å². The van der Waals surface area contributed by atoms with Crippen LogP contribution in [0.4, 0.5) is 0 Å². The summed E-state index contributed by atoms with van der Waals surface area (Å²) in [4.78, 5) is 13.8. The fourth-order valence-corrected chi connectivity index (χ4v) is 1.77. The van der Waals surface area contributed by atoms with Crippen LogP contribution in [0.3, 0.4) is 0 Å². The lowest BCUT2D eigenvalue weighted by molar-refractivity contribution is -0.138. The second-order valence-electron chi connectivity index (χ2n) is 3.87. The number of nitrogens with two attached hydrogens (primary N) is 1. The van der Waals surface area contributed by atoms with Crippen molar-refractivity contribution in [3.05, 3.63) is 35.5 Å². The number of terminal acetylenes is 1. The first-order valence-electron chi connectivity index (χ1n) is 5.17. The van der Waals surface area contributed by atoms with E-state index >= 15 is 0 Å². The summed E-state index contributed by atoms with van der Waals surface area (Å²) in [5, 5.41) is 9.73. The number of hydrogen-bond donors (Lipinski definition) is 3. The molecule has 17 heavy (non-hydrogen) atoms. The molecule has 0 amide bonds. The highest BCUT2D eigenvalue weighted by atomic mass is 16.4. The van der Waals surface area contributed by atoms with Gasteiger partial charge in [0.1, 0.15) is 6.04 Å². The second kappa shape index (κ2) is 4.32. The van der Waals surface area contributed by atoms with Gasteiger partial charge in [-0.25, -0.2) is 0 Å². The number of rotatable bonds is 3. The number of carbonyl (C=O) groups is 1. The van der Waals surface area contributed by atoms with Crippen LogP contribution in [0.1, 0.15) is 11.1 Å². The number of hydrogen-bond acceptors (Lipinski definition) is 2. The molecule has 0 saturated heterocycles. The zero-order valence-electron chi connectivity index (χ0n) is 9.10. The minimum Gasteiger partial charge on any atom is -0.480 e. The summed E-state index contributed by atoms with van der Waals surface area (Å²) in [5.74, 6) is 1.55. The molecule has 4 heteroatoms. The Kier molecular flexibility index (Phi) is 2.86. The van der Waals surface area contributed by atoms with Crippen LogP contribution in [-0.2, 0) is 11.2 Å². The highest BCUT2D eigenvalue weighted by Gasteiger charge is 2.14. The molecule has 2 aromatic rings. The molecular formula is C13H12N2O2. The molecule has 0 spiro atoms. The van der Waals surface area contributed by atoms with Gasteiger partial charge >= 0.3 is 5.97 Å². The van der Waals surface area contributed by atoms with Crippen molar-refractivity contribution in [3.8, 4) is 12.3 Å². The van der Waals surface area contributed by atoms with Gasteiger partial charge in [-0.2, -0.15) is 0 Å². The van der Waals surface area contributed by atoms with Gasteiger partial charge in [-0.05, 0) is 17.7 Å².